The third-order valence-electron chi connectivity index (χ3n) is 7.12. The van der Waals surface area contributed by atoms with E-state index in [1.807, 2.05) is 48.9 Å². The van der Waals surface area contributed by atoms with Gasteiger partial charge in [0.2, 0.25) is 0 Å². The summed E-state index contributed by atoms with van der Waals surface area (Å²) in [4.78, 5) is 0. The summed E-state index contributed by atoms with van der Waals surface area (Å²) in [6.45, 7) is 7.42. The van der Waals surface area contributed by atoms with Crippen LogP contribution in [0, 0.1) is 12.8 Å². The van der Waals surface area contributed by atoms with Gasteiger partial charge in [0.15, 0.2) is 11.6 Å². The highest BCUT2D eigenvalue weighted by Gasteiger charge is 2.44. The number of methoxy groups -OCH3 is 1. The molecule has 0 spiro atoms. The monoisotopic (exact) mass is 449 g/mol. The molecule has 1 aromatic heterocycles. The number of hydrogen-bond acceptors (Lipinski definition) is 7. The molecular weight excluding hydrogens is 418 g/mol. The SMILES string of the molecule is COc1ccc(-n2nnnc2C(C)(Nc2cccc(C3(C)OCCO3)c2)C2CCC2)c(C)c1. The number of anilines is 1. The highest BCUT2D eigenvalue weighted by atomic mass is 16.7. The largest absolute Gasteiger partial charge is 0.497 e. The molecule has 2 fully saturated rings. The van der Waals surface area contributed by atoms with Crippen molar-refractivity contribution in [1.82, 2.24) is 20.2 Å². The van der Waals surface area contributed by atoms with Crippen molar-refractivity contribution in [3.05, 3.63) is 59.4 Å². The molecule has 0 amide bonds. The van der Waals surface area contributed by atoms with E-state index in [0.717, 1.165) is 46.9 Å². The van der Waals surface area contributed by atoms with Crippen molar-refractivity contribution in [2.75, 3.05) is 25.6 Å². The van der Waals surface area contributed by atoms with E-state index in [1.54, 1.807) is 7.11 Å². The predicted molar refractivity (Wildman–Crippen MR) is 124 cm³/mol. The van der Waals surface area contributed by atoms with Crippen molar-refractivity contribution in [3.8, 4) is 11.4 Å². The maximum atomic E-state index is 5.88. The Morgan fingerprint density at radius 3 is 2.61 bits per heavy atom. The van der Waals surface area contributed by atoms with Crippen molar-refractivity contribution in [3.63, 3.8) is 0 Å². The van der Waals surface area contributed by atoms with E-state index in [0.29, 0.717) is 19.1 Å². The number of tetrazole rings is 1. The average Bonchev–Trinajstić information content (AvgIpc) is 3.43. The van der Waals surface area contributed by atoms with Crippen molar-refractivity contribution in [2.45, 2.75) is 51.4 Å². The molecule has 174 valence electrons. The molecule has 8 nitrogen and oxygen atoms in total. The van der Waals surface area contributed by atoms with Crippen LogP contribution in [0.4, 0.5) is 5.69 Å². The van der Waals surface area contributed by atoms with Crippen LogP contribution in [0.25, 0.3) is 5.69 Å². The van der Waals surface area contributed by atoms with Crippen LogP contribution >= 0.6 is 0 Å². The van der Waals surface area contributed by atoms with Crippen molar-refractivity contribution in [2.24, 2.45) is 5.92 Å². The zero-order valence-corrected chi connectivity index (χ0v) is 19.7. The van der Waals surface area contributed by atoms with Gasteiger partial charge in [0.25, 0.3) is 0 Å². The molecule has 8 heteroatoms. The Bertz CT molecular complexity index is 1140. The first kappa shape index (κ1) is 21.9. The van der Waals surface area contributed by atoms with Gasteiger partial charge in [-0.15, -0.1) is 5.10 Å². The molecule has 1 saturated heterocycles. The van der Waals surface area contributed by atoms with Gasteiger partial charge in [0.05, 0.1) is 31.5 Å². The average molecular weight is 450 g/mol. The molecule has 1 atom stereocenters. The van der Waals surface area contributed by atoms with Crippen LogP contribution in [0.2, 0.25) is 0 Å². The van der Waals surface area contributed by atoms with Crippen LogP contribution in [-0.4, -0.2) is 40.5 Å². The fourth-order valence-electron chi connectivity index (χ4n) is 4.85. The van der Waals surface area contributed by atoms with Gasteiger partial charge in [0.1, 0.15) is 5.75 Å². The number of benzene rings is 2. The standard InChI is InChI=1S/C25H31N5O3/c1-17-15-21(31-4)11-12-22(17)30-23(27-28-29-30)24(2,18-7-5-8-18)26-20-10-6-9-19(16-20)25(3)32-13-14-33-25/h6,9-12,15-16,18,26H,5,7-8,13-14H2,1-4H3. The van der Waals surface area contributed by atoms with E-state index in [9.17, 15) is 0 Å². The fourth-order valence-corrected chi connectivity index (χ4v) is 4.85. The van der Waals surface area contributed by atoms with Gasteiger partial charge in [-0.3, -0.25) is 0 Å². The summed E-state index contributed by atoms with van der Waals surface area (Å²) in [6, 6.07) is 14.2. The van der Waals surface area contributed by atoms with E-state index in [4.69, 9.17) is 14.2 Å². The van der Waals surface area contributed by atoms with Crippen LogP contribution in [0.1, 0.15) is 50.1 Å². The molecule has 33 heavy (non-hydrogen) atoms. The smallest absolute Gasteiger partial charge is 0.192 e. The molecule has 2 aliphatic rings. The van der Waals surface area contributed by atoms with Crippen molar-refractivity contribution < 1.29 is 14.2 Å². The predicted octanol–water partition coefficient (Wildman–Crippen LogP) is 4.33. The zero-order chi connectivity index (χ0) is 23.1. The van der Waals surface area contributed by atoms with E-state index in [-0.39, 0.29) is 0 Å². The Morgan fingerprint density at radius 1 is 1.15 bits per heavy atom. The molecular formula is C25H31N5O3. The summed E-state index contributed by atoms with van der Waals surface area (Å²) in [5.41, 5.74) is 3.52. The van der Waals surface area contributed by atoms with Crippen LogP contribution in [0.15, 0.2) is 42.5 Å². The van der Waals surface area contributed by atoms with E-state index in [2.05, 4.69) is 39.9 Å². The minimum Gasteiger partial charge on any atom is -0.497 e. The molecule has 3 aromatic rings. The summed E-state index contributed by atoms with van der Waals surface area (Å²) in [5, 5.41) is 16.8. The Balaban J connectivity index is 1.53. The Labute approximate surface area is 194 Å². The number of nitrogens with zero attached hydrogens (tertiary/aromatic N) is 4. The molecule has 1 saturated carbocycles. The third kappa shape index (κ3) is 3.87. The second kappa shape index (κ2) is 8.43. The molecule has 5 rings (SSSR count). The third-order valence-corrected chi connectivity index (χ3v) is 7.12. The molecule has 0 radical (unpaired) electrons. The molecule has 1 aliphatic carbocycles. The topological polar surface area (TPSA) is 83.3 Å². The quantitative estimate of drug-likeness (QED) is 0.575. The van der Waals surface area contributed by atoms with Crippen molar-refractivity contribution >= 4 is 5.69 Å². The maximum Gasteiger partial charge on any atom is 0.192 e. The van der Waals surface area contributed by atoms with Crippen LogP contribution in [-0.2, 0) is 20.8 Å². The van der Waals surface area contributed by atoms with Gasteiger partial charge in [-0.25, -0.2) is 0 Å². The molecule has 2 aromatic carbocycles. The Morgan fingerprint density at radius 2 is 1.94 bits per heavy atom. The van der Waals surface area contributed by atoms with E-state index >= 15 is 0 Å². The first-order chi connectivity index (χ1) is 15.9. The highest BCUT2D eigenvalue weighted by Crippen LogP contribution is 2.44. The summed E-state index contributed by atoms with van der Waals surface area (Å²) in [7, 11) is 1.67. The fraction of sp³-hybridized carbons (Fsp3) is 0.480. The van der Waals surface area contributed by atoms with Crippen LogP contribution < -0.4 is 10.1 Å². The number of rotatable bonds is 7. The second-order valence-corrected chi connectivity index (χ2v) is 9.25. The molecule has 1 N–H and O–H groups in total. The van der Waals surface area contributed by atoms with E-state index in [1.165, 1.54) is 6.42 Å². The number of hydrogen-bond donors (Lipinski definition) is 1. The van der Waals surface area contributed by atoms with Crippen LogP contribution in [0.5, 0.6) is 5.75 Å². The number of ether oxygens (including phenoxy) is 3. The Hall–Kier alpha value is -2.97. The van der Waals surface area contributed by atoms with Gasteiger partial charge >= 0.3 is 0 Å². The van der Waals surface area contributed by atoms with Gasteiger partial charge in [-0.05, 0) is 85.9 Å². The zero-order valence-electron chi connectivity index (χ0n) is 19.7. The maximum absolute atomic E-state index is 5.88. The summed E-state index contributed by atoms with van der Waals surface area (Å²) in [6.07, 6.45) is 3.47. The number of nitrogens with one attached hydrogen (secondary N) is 1. The van der Waals surface area contributed by atoms with Crippen LogP contribution in [0.3, 0.4) is 0 Å². The molecule has 1 aliphatic heterocycles. The first-order valence-electron chi connectivity index (χ1n) is 11.5. The summed E-state index contributed by atoms with van der Waals surface area (Å²) >= 11 is 0. The molecule has 2 heterocycles. The highest BCUT2D eigenvalue weighted by molar-refractivity contribution is 5.51. The summed E-state index contributed by atoms with van der Waals surface area (Å²) in [5.74, 6) is 1.31. The second-order valence-electron chi connectivity index (χ2n) is 9.25. The molecule has 1 unspecified atom stereocenters. The summed E-state index contributed by atoms with van der Waals surface area (Å²) < 4.78 is 19.0. The van der Waals surface area contributed by atoms with Gasteiger partial charge in [0, 0.05) is 11.3 Å². The lowest BCUT2D eigenvalue weighted by molar-refractivity contribution is -0.149. The lowest BCUT2D eigenvalue weighted by Crippen LogP contribution is -2.45. The van der Waals surface area contributed by atoms with Gasteiger partial charge in [-0.1, -0.05) is 18.6 Å². The lowest BCUT2D eigenvalue weighted by atomic mass is 9.71. The Kier molecular flexibility index (Phi) is 5.58. The normalized spacial score (nSPS) is 19.6. The molecule has 0 bridgehead atoms. The number of aryl methyl sites for hydroxylation is 1. The minimum atomic E-state index is -0.716. The first-order valence-corrected chi connectivity index (χ1v) is 11.5. The van der Waals surface area contributed by atoms with Gasteiger partial charge < -0.3 is 19.5 Å². The lowest BCUT2D eigenvalue weighted by Gasteiger charge is -2.43. The van der Waals surface area contributed by atoms with Crippen molar-refractivity contribution in [1.29, 1.82) is 0 Å². The van der Waals surface area contributed by atoms with E-state index < -0.39 is 11.3 Å². The van der Waals surface area contributed by atoms with Gasteiger partial charge in [-0.2, -0.15) is 4.68 Å². The number of aromatic nitrogens is 4. The minimum absolute atomic E-state index is 0.416.